The number of nitrogens with one attached hydrogen (secondary N) is 2. The smallest absolute Gasteiger partial charge is 0.410 e. The Balaban J connectivity index is 1.21. The van der Waals surface area contributed by atoms with Crippen molar-refractivity contribution in [2.24, 2.45) is 0 Å². The predicted molar refractivity (Wildman–Crippen MR) is 187 cm³/mol. The summed E-state index contributed by atoms with van der Waals surface area (Å²) in [4.78, 5) is 41.1. The summed E-state index contributed by atoms with van der Waals surface area (Å²) in [6.07, 6.45) is 4.83. The lowest BCUT2D eigenvalue weighted by Crippen LogP contribution is -2.47. The molecule has 11 heteroatoms. The third-order valence-corrected chi connectivity index (χ3v) is 8.07. The van der Waals surface area contributed by atoms with Gasteiger partial charge in [-0.05, 0) is 88.1 Å². The maximum Gasteiger partial charge on any atom is 0.410 e. The van der Waals surface area contributed by atoms with Crippen molar-refractivity contribution >= 4 is 34.4 Å². The van der Waals surface area contributed by atoms with Crippen molar-refractivity contribution < 1.29 is 23.5 Å². The Labute approximate surface area is 284 Å². The van der Waals surface area contributed by atoms with Crippen molar-refractivity contribution in [3.8, 4) is 22.9 Å². The molecule has 5 aromatic rings. The van der Waals surface area contributed by atoms with Crippen molar-refractivity contribution in [1.82, 2.24) is 19.9 Å². The lowest BCUT2D eigenvalue weighted by atomic mass is 10.0. The van der Waals surface area contributed by atoms with Crippen LogP contribution in [0.3, 0.4) is 0 Å². The van der Waals surface area contributed by atoms with Gasteiger partial charge in [0.2, 0.25) is 17.7 Å². The first kappa shape index (κ1) is 33.3. The molecule has 3 aromatic carbocycles. The lowest BCUT2D eigenvalue weighted by molar-refractivity contribution is -0.115. The summed E-state index contributed by atoms with van der Waals surface area (Å²) in [5.74, 6) is 0.839. The zero-order valence-electron chi connectivity index (χ0n) is 28.0. The second kappa shape index (κ2) is 14.3. The van der Waals surface area contributed by atoms with Gasteiger partial charge < -0.3 is 25.0 Å². The molecule has 2 aromatic heterocycles. The van der Waals surface area contributed by atoms with Gasteiger partial charge >= 0.3 is 6.09 Å². The van der Waals surface area contributed by atoms with Crippen molar-refractivity contribution in [2.45, 2.75) is 58.6 Å². The van der Waals surface area contributed by atoms with Gasteiger partial charge in [-0.2, -0.15) is 0 Å². The Morgan fingerprint density at radius 1 is 0.959 bits per heavy atom. The largest absolute Gasteiger partial charge is 0.444 e. The molecule has 0 saturated carbocycles. The summed E-state index contributed by atoms with van der Waals surface area (Å²) in [6, 6.07) is 20.9. The van der Waals surface area contributed by atoms with Crippen molar-refractivity contribution in [2.75, 3.05) is 23.7 Å². The van der Waals surface area contributed by atoms with Gasteiger partial charge in [0, 0.05) is 48.0 Å². The van der Waals surface area contributed by atoms with Gasteiger partial charge in [-0.1, -0.05) is 36.4 Å². The van der Waals surface area contributed by atoms with Crippen LogP contribution in [0.15, 0.2) is 85.2 Å². The Morgan fingerprint density at radius 2 is 1.78 bits per heavy atom. The monoisotopic (exact) mass is 662 g/mol. The number of aryl methyl sites for hydroxylation is 1. The van der Waals surface area contributed by atoms with Gasteiger partial charge in [-0.15, -0.1) is 0 Å². The van der Waals surface area contributed by atoms with Crippen molar-refractivity contribution in [1.29, 1.82) is 0 Å². The number of amides is 2. The van der Waals surface area contributed by atoms with Gasteiger partial charge in [-0.25, -0.2) is 24.1 Å². The van der Waals surface area contributed by atoms with Gasteiger partial charge in [-0.3, -0.25) is 4.79 Å². The molecular weight excluding hydrogens is 623 g/mol. The van der Waals surface area contributed by atoms with Crippen molar-refractivity contribution in [3.05, 3.63) is 102 Å². The minimum absolute atomic E-state index is 0.0372. The molecule has 6 rings (SSSR count). The fourth-order valence-corrected chi connectivity index (χ4v) is 5.78. The number of aromatic nitrogens is 3. The number of rotatable bonds is 8. The van der Waals surface area contributed by atoms with E-state index in [0.29, 0.717) is 53.2 Å². The highest BCUT2D eigenvalue weighted by molar-refractivity contribution is 6.05. The molecule has 1 saturated heterocycles. The van der Waals surface area contributed by atoms with Crippen LogP contribution in [0.1, 0.15) is 44.7 Å². The molecule has 1 aliphatic heterocycles. The fourth-order valence-electron chi connectivity index (χ4n) is 5.78. The molecule has 2 N–H and O–H groups in total. The Morgan fingerprint density at radius 3 is 2.57 bits per heavy atom. The first-order valence-electron chi connectivity index (χ1n) is 16.3. The van der Waals surface area contributed by atoms with E-state index in [-0.39, 0.29) is 30.3 Å². The van der Waals surface area contributed by atoms with Gasteiger partial charge in [0.15, 0.2) is 0 Å². The molecule has 1 fully saturated rings. The summed E-state index contributed by atoms with van der Waals surface area (Å²) in [7, 11) is 0. The topological polar surface area (TPSA) is 119 Å². The molecule has 1 aliphatic rings. The molecule has 0 aliphatic carbocycles. The number of likely N-dealkylation sites (tertiary alicyclic amines) is 1. The van der Waals surface area contributed by atoms with Gasteiger partial charge in [0.1, 0.15) is 17.2 Å². The summed E-state index contributed by atoms with van der Waals surface area (Å²) in [5.41, 5.74) is 2.96. The summed E-state index contributed by atoms with van der Waals surface area (Å²) in [5, 5.41) is 7.99. The van der Waals surface area contributed by atoms with E-state index in [1.54, 1.807) is 35.5 Å². The summed E-state index contributed by atoms with van der Waals surface area (Å²) in [6.45, 7) is 8.66. The molecule has 252 valence electrons. The number of benzene rings is 3. The Bertz CT molecular complexity index is 1980. The zero-order chi connectivity index (χ0) is 34.5. The normalized spacial score (nSPS) is 14.7. The predicted octanol–water partition coefficient (Wildman–Crippen LogP) is 7.92. The second-order valence-electron chi connectivity index (χ2n) is 13.1. The molecule has 0 spiro atoms. The van der Waals surface area contributed by atoms with Crippen LogP contribution in [0.25, 0.3) is 22.0 Å². The first-order valence-corrected chi connectivity index (χ1v) is 16.3. The van der Waals surface area contributed by atoms with Crippen LogP contribution in [0.5, 0.6) is 11.6 Å². The Hall–Kier alpha value is -5.58. The van der Waals surface area contributed by atoms with E-state index in [9.17, 15) is 14.0 Å². The number of pyridine rings is 1. The number of piperidine rings is 1. The molecule has 3 heterocycles. The van der Waals surface area contributed by atoms with Crippen LogP contribution < -0.4 is 15.4 Å². The molecule has 10 nitrogen and oxygen atoms in total. The quantitative estimate of drug-likeness (QED) is 0.172. The summed E-state index contributed by atoms with van der Waals surface area (Å²) >= 11 is 0. The van der Waals surface area contributed by atoms with Crippen LogP contribution in [-0.4, -0.2) is 56.6 Å². The van der Waals surface area contributed by atoms with Gasteiger partial charge in [0.05, 0.1) is 17.7 Å². The molecular formula is C38H39FN6O4. The number of carbonyl (C=O) groups excluding carboxylic acids is 2. The third kappa shape index (κ3) is 8.29. The fraction of sp³-hybridized carbons (Fsp3) is 0.289. The highest BCUT2D eigenvalue weighted by atomic mass is 19.1. The van der Waals surface area contributed by atoms with E-state index in [0.717, 1.165) is 29.2 Å². The molecule has 1 atom stereocenters. The highest BCUT2D eigenvalue weighted by Crippen LogP contribution is 2.38. The van der Waals surface area contributed by atoms with Crippen LogP contribution in [-0.2, 0) is 16.0 Å². The highest BCUT2D eigenvalue weighted by Gasteiger charge is 2.28. The van der Waals surface area contributed by atoms with Crippen LogP contribution >= 0.6 is 0 Å². The minimum atomic E-state index is -0.562. The number of nitrogens with zero attached hydrogens (tertiary/aromatic N) is 4. The van der Waals surface area contributed by atoms with Crippen LogP contribution in [0, 0.1) is 12.7 Å². The molecule has 0 bridgehead atoms. The number of ether oxygens (including phenoxy) is 2. The second-order valence-corrected chi connectivity index (χ2v) is 13.1. The van der Waals surface area contributed by atoms with E-state index in [2.05, 4.69) is 20.6 Å². The zero-order valence-corrected chi connectivity index (χ0v) is 28.0. The number of halogens is 1. The molecule has 1 unspecified atom stereocenters. The summed E-state index contributed by atoms with van der Waals surface area (Å²) < 4.78 is 25.5. The molecule has 0 radical (unpaired) electrons. The van der Waals surface area contributed by atoms with Crippen LogP contribution in [0.4, 0.5) is 20.8 Å². The van der Waals surface area contributed by atoms with E-state index >= 15 is 0 Å². The van der Waals surface area contributed by atoms with Gasteiger partial charge in [0.25, 0.3) is 0 Å². The molecule has 2 amide bonds. The van der Waals surface area contributed by atoms with E-state index in [4.69, 9.17) is 14.5 Å². The maximum absolute atomic E-state index is 13.3. The minimum Gasteiger partial charge on any atom is -0.444 e. The SMILES string of the molecule is Cc1ccc2c(NC(=O)Cc3ccc(F)cc3)cccc2c1Oc1ncccc1-c1ccnc(NC2CCCN(C(=O)OC(C)(C)C)C2)n1. The molecule has 49 heavy (non-hydrogen) atoms. The number of hydrogen-bond donors (Lipinski definition) is 2. The standard InChI is InChI=1S/C38H39FN6O4/c1-24-12-17-28-29(9-5-11-31(28)43-33(46)22-25-13-15-26(39)16-14-25)34(24)48-35-30(10-6-19-40-35)32-18-20-41-36(44-32)42-27-8-7-21-45(23-27)37(47)49-38(2,3)4/h5-6,9-20,27H,7-8,21-23H2,1-4H3,(H,43,46)(H,41,42,44). The van der Waals surface area contributed by atoms with Crippen molar-refractivity contribution in [3.63, 3.8) is 0 Å². The average Bonchev–Trinajstić information content (AvgIpc) is 3.07. The lowest BCUT2D eigenvalue weighted by Gasteiger charge is -2.34. The average molecular weight is 663 g/mol. The first-order chi connectivity index (χ1) is 23.5. The Kier molecular flexibility index (Phi) is 9.70. The van der Waals surface area contributed by atoms with E-state index < -0.39 is 5.60 Å². The number of carbonyl (C=O) groups is 2. The van der Waals surface area contributed by atoms with Crippen LogP contribution in [0.2, 0.25) is 0 Å². The third-order valence-electron chi connectivity index (χ3n) is 8.07. The number of anilines is 2. The number of fused-ring (bicyclic) bond motifs is 1. The van der Waals surface area contributed by atoms with E-state index in [1.807, 2.05) is 70.2 Å². The number of hydrogen-bond acceptors (Lipinski definition) is 8. The van der Waals surface area contributed by atoms with E-state index in [1.165, 1.54) is 12.1 Å². The maximum atomic E-state index is 13.3.